The molecule has 2 N–H and O–H groups in total. The summed E-state index contributed by atoms with van der Waals surface area (Å²) < 4.78 is 0. The van der Waals surface area contributed by atoms with Crippen LogP contribution in [0.5, 0.6) is 0 Å². The Labute approximate surface area is 157 Å². The molecule has 4 fully saturated rings. The van der Waals surface area contributed by atoms with Crippen LogP contribution >= 0.6 is 12.4 Å². The van der Waals surface area contributed by atoms with Crippen molar-refractivity contribution >= 4 is 24.2 Å². The third-order valence-electron chi connectivity index (χ3n) is 6.91. The summed E-state index contributed by atoms with van der Waals surface area (Å²) >= 11 is 0. The quantitative estimate of drug-likeness (QED) is 0.800. The fourth-order valence-electron chi connectivity index (χ4n) is 5.18. The van der Waals surface area contributed by atoms with Crippen molar-refractivity contribution in [1.82, 2.24) is 15.5 Å². The maximum absolute atomic E-state index is 12.6. The molecule has 0 aromatic heterocycles. The molecule has 0 radical (unpaired) electrons. The van der Waals surface area contributed by atoms with Crippen LogP contribution in [0.3, 0.4) is 0 Å². The lowest BCUT2D eigenvalue weighted by molar-refractivity contribution is -0.135. The van der Waals surface area contributed by atoms with E-state index in [4.69, 9.17) is 0 Å². The van der Waals surface area contributed by atoms with Crippen LogP contribution in [-0.4, -0.2) is 48.9 Å². The van der Waals surface area contributed by atoms with Crippen molar-refractivity contribution < 1.29 is 9.59 Å². The molecule has 2 heterocycles. The van der Waals surface area contributed by atoms with Crippen LogP contribution in [0.4, 0.5) is 0 Å². The molecule has 0 aromatic rings. The predicted octanol–water partition coefficient (Wildman–Crippen LogP) is 2.10. The third kappa shape index (κ3) is 3.97. The highest BCUT2D eigenvalue weighted by molar-refractivity contribution is 5.85. The van der Waals surface area contributed by atoms with Gasteiger partial charge in [0.15, 0.2) is 0 Å². The van der Waals surface area contributed by atoms with Crippen LogP contribution in [0.25, 0.3) is 0 Å². The van der Waals surface area contributed by atoms with Crippen LogP contribution in [0.1, 0.15) is 57.8 Å². The van der Waals surface area contributed by atoms with Crippen molar-refractivity contribution in [2.45, 2.75) is 63.8 Å². The molecule has 4 rings (SSSR count). The average molecular weight is 370 g/mol. The highest BCUT2D eigenvalue weighted by Crippen LogP contribution is 2.58. The topological polar surface area (TPSA) is 61.4 Å². The molecule has 6 heteroatoms. The van der Waals surface area contributed by atoms with Gasteiger partial charge in [-0.3, -0.25) is 9.59 Å². The minimum atomic E-state index is 0. The first-order chi connectivity index (χ1) is 11.7. The Hall–Kier alpha value is -0.810. The summed E-state index contributed by atoms with van der Waals surface area (Å²) in [5.74, 6) is 1.05. The Kier molecular flexibility index (Phi) is 5.94. The highest BCUT2D eigenvalue weighted by atomic mass is 35.5. The molecule has 2 saturated heterocycles. The Morgan fingerprint density at radius 1 is 1.04 bits per heavy atom. The number of carbonyl (C=O) groups is 2. The smallest absolute Gasteiger partial charge is 0.225 e. The van der Waals surface area contributed by atoms with E-state index >= 15 is 0 Å². The second-order valence-electron chi connectivity index (χ2n) is 8.48. The molecule has 5 nitrogen and oxygen atoms in total. The summed E-state index contributed by atoms with van der Waals surface area (Å²) in [4.78, 5) is 27.2. The number of hydrogen-bond acceptors (Lipinski definition) is 3. The summed E-state index contributed by atoms with van der Waals surface area (Å²) in [7, 11) is 0. The molecular formula is C19H32ClN3O2. The van der Waals surface area contributed by atoms with Crippen molar-refractivity contribution in [1.29, 1.82) is 0 Å². The Bertz CT molecular complexity index is 501. The summed E-state index contributed by atoms with van der Waals surface area (Å²) in [6.45, 7) is 3.65. The Morgan fingerprint density at radius 2 is 1.76 bits per heavy atom. The molecular weight excluding hydrogens is 338 g/mol. The number of piperidine rings is 1. The van der Waals surface area contributed by atoms with E-state index in [2.05, 4.69) is 10.6 Å². The van der Waals surface area contributed by atoms with Gasteiger partial charge in [0.25, 0.3) is 0 Å². The predicted molar refractivity (Wildman–Crippen MR) is 99.6 cm³/mol. The molecule has 2 unspecified atom stereocenters. The molecule has 2 atom stereocenters. The molecule has 2 aliphatic carbocycles. The van der Waals surface area contributed by atoms with Crippen molar-refractivity contribution in [2.75, 3.05) is 26.2 Å². The van der Waals surface area contributed by atoms with Gasteiger partial charge in [0, 0.05) is 31.0 Å². The normalized spacial score (nSPS) is 31.4. The minimum Gasteiger partial charge on any atom is -0.351 e. The van der Waals surface area contributed by atoms with Gasteiger partial charge in [0.2, 0.25) is 11.8 Å². The van der Waals surface area contributed by atoms with Crippen LogP contribution in [0.15, 0.2) is 0 Å². The molecule has 25 heavy (non-hydrogen) atoms. The average Bonchev–Trinajstić information content (AvgIpc) is 3.11. The fourth-order valence-corrected chi connectivity index (χ4v) is 5.18. The molecule has 2 saturated carbocycles. The fraction of sp³-hybridized carbons (Fsp3) is 0.895. The lowest BCUT2D eigenvalue weighted by Crippen LogP contribution is -2.42. The zero-order valence-electron chi connectivity index (χ0n) is 15.1. The number of likely N-dealkylation sites (tertiary alicyclic amines) is 1. The molecule has 142 valence electrons. The van der Waals surface area contributed by atoms with Gasteiger partial charge < -0.3 is 15.5 Å². The van der Waals surface area contributed by atoms with Gasteiger partial charge in [0.1, 0.15) is 0 Å². The lowest BCUT2D eigenvalue weighted by atomic mass is 9.88. The van der Waals surface area contributed by atoms with E-state index in [0.29, 0.717) is 11.3 Å². The van der Waals surface area contributed by atoms with Gasteiger partial charge in [-0.25, -0.2) is 0 Å². The van der Waals surface area contributed by atoms with E-state index < -0.39 is 0 Å². The molecule has 0 aromatic carbocycles. The minimum absolute atomic E-state index is 0. The number of amides is 2. The standard InChI is InChI=1S/C19H31N3O2.ClH/c23-17(16-12-19(16)7-9-20-10-8-19)21-15-6-11-22(13-15)18(24)14-4-2-1-3-5-14;/h14-16,20H,1-13H2,(H,21,23);1H. The summed E-state index contributed by atoms with van der Waals surface area (Å²) in [5.41, 5.74) is 0.297. The van der Waals surface area contributed by atoms with E-state index in [1.807, 2.05) is 4.90 Å². The first kappa shape index (κ1) is 19.0. The summed E-state index contributed by atoms with van der Waals surface area (Å²) in [6.07, 6.45) is 10.1. The van der Waals surface area contributed by atoms with Crippen molar-refractivity contribution in [3.8, 4) is 0 Å². The monoisotopic (exact) mass is 369 g/mol. The number of nitrogens with one attached hydrogen (secondary N) is 2. The van der Waals surface area contributed by atoms with Crippen LogP contribution in [0, 0.1) is 17.3 Å². The van der Waals surface area contributed by atoms with Crippen LogP contribution in [0.2, 0.25) is 0 Å². The SMILES string of the molecule is Cl.O=C(NC1CCN(C(=O)C2CCCCC2)C1)C1CC12CCNCC2. The van der Waals surface area contributed by atoms with Gasteiger partial charge in [0.05, 0.1) is 0 Å². The van der Waals surface area contributed by atoms with Gasteiger partial charge >= 0.3 is 0 Å². The molecule has 2 amide bonds. The third-order valence-corrected chi connectivity index (χ3v) is 6.91. The van der Waals surface area contributed by atoms with Gasteiger partial charge in [-0.2, -0.15) is 0 Å². The Morgan fingerprint density at radius 3 is 2.48 bits per heavy atom. The number of hydrogen-bond donors (Lipinski definition) is 2. The number of nitrogens with zero attached hydrogens (tertiary/aromatic N) is 1. The molecule has 1 spiro atoms. The molecule has 0 bridgehead atoms. The van der Waals surface area contributed by atoms with Crippen molar-refractivity contribution in [3.63, 3.8) is 0 Å². The second-order valence-corrected chi connectivity index (χ2v) is 8.48. The number of rotatable bonds is 3. The van der Waals surface area contributed by atoms with Gasteiger partial charge in [-0.05, 0) is 57.0 Å². The number of carbonyl (C=O) groups excluding carboxylic acids is 2. The van der Waals surface area contributed by atoms with Crippen LogP contribution in [-0.2, 0) is 9.59 Å². The van der Waals surface area contributed by atoms with Crippen LogP contribution < -0.4 is 10.6 Å². The molecule has 2 aliphatic heterocycles. The molecule has 4 aliphatic rings. The van der Waals surface area contributed by atoms with Gasteiger partial charge in [-0.1, -0.05) is 19.3 Å². The van der Waals surface area contributed by atoms with E-state index in [0.717, 1.165) is 64.7 Å². The van der Waals surface area contributed by atoms with Gasteiger partial charge in [-0.15, -0.1) is 12.4 Å². The zero-order chi connectivity index (χ0) is 16.6. The second kappa shape index (κ2) is 7.83. The largest absolute Gasteiger partial charge is 0.351 e. The van der Waals surface area contributed by atoms with Crippen molar-refractivity contribution in [2.24, 2.45) is 17.3 Å². The van der Waals surface area contributed by atoms with E-state index in [1.165, 1.54) is 19.3 Å². The van der Waals surface area contributed by atoms with E-state index in [9.17, 15) is 9.59 Å². The zero-order valence-corrected chi connectivity index (χ0v) is 15.9. The maximum atomic E-state index is 12.6. The highest BCUT2D eigenvalue weighted by Gasteiger charge is 2.57. The van der Waals surface area contributed by atoms with E-state index in [1.54, 1.807) is 0 Å². The summed E-state index contributed by atoms with van der Waals surface area (Å²) in [5, 5.41) is 6.63. The van der Waals surface area contributed by atoms with Crippen molar-refractivity contribution in [3.05, 3.63) is 0 Å². The lowest BCUT2D eigenvalue weighted by Gasteiger charge is -2.26. The number of halogens is 1. The van der Waals surface area contributed by atoms with E-state index in [-0.39, 0.29) is 36.2 Å². The Balaban J connectivity index is 0.00000182. The first-order valence-electron chi connectivity index (χ1n) is 9.98. The maximum Gasteiger partial charge on any atom is 0.225 e. The summed E-state index contributed by atoms with van der Waals surface area (Å²) in [6, 6.07) is 0.171. The first-order valence-corrected chi connectivity index (χ1v) is 9.98.